The molecule has 0 radical (unpaired) electrons. The minimum atomic E-state index is -3.45. The predicted molar refractivity (Wildman–Crippen MR) is 85.7 cm³/mol. The molecular weight excluding hydrogens is 308 g/mol. The van der Waals surface area contributed by atoms with Gasteiger partial charge in [-0.15, -0.1) is 0 Å². The molecule has 1 fully saturated rings. The maximum atomic E-state index is 12.7. The molecule has 2 N–H and O–H groups in total. The third-order valence-electron chi connectivity index (χ3n) is 4.66. The lowest BCUT2D eigenvalue weighted by molar-refractivity contribution is 0.169. The van der Waals surface area contributed by atoms with Crippen molar-refractivity contribution < 1.29 is 8.42 Å². The molecule has 1 aromatic carbocycles. The van der Waals surface area contributed by atoms with Crippen molar-refractivity contribution in [2.24, 2.45) is 11.1 Å². The normalized spacial score (nSPS) is 19.6. The van der Waals surface area contributed by atoms with E-state index in [0.29, 0.717) is 23.7 Å². The van der Waals surface area contributed by atoms with Gasteiger partial charge in [0.25, 0.3) is 0 Å². The fraction of sp³-hybridized carbons (Fsp3) is 0.600. The van der Waals surface area contributed by atoms with Crippen molar-refractivity contribution in [3.05, 3.63) is 28.8 Å². The Morgan fingerprint density at radius 1 is 1.33 bits per heavy atom. The van der Waals surface area contributed by atoms with Crippen LogP contribution in [0.3, 0.4) is 0 Å². The summed E-state index contributed by atoms with van der Waals surface area (Å²) in [6.07, 6.45) is 2.89. The van der Waals surface area contributed by atoms with Crippen LogP contribution >= 0.6 is 11.6 Å². The highest BCUT2D eigenvalue weighted by molar-refractivity contribution is 7.89. The molecule has 0 atom stereocenters. The Balaban J connectivity index is 2.23. The average Bonchev–Trinajstić information content (AvgIpc) is 2.48. The summed E-state index contributed by atoms with van der Waals surface area (Å²) in [5.74, 6) is 0. The van der Waals surface area contributed by atoms with Gasteiger partial charge in [-0.3, -0.25) is 0 Å². The van der Waals surface area contributed by atoms with Crippen molar-refractivity contribution in [3.8, 4) is 0 Å². The highest BCUT2D eigenvalue weighted by Gasteiger charge is 2.34. The van der Waals surface area contributed by atoms with Gasteiger partial charge in [0.15, 0.2) is 0 Å². The van der Waals surface area contributed by atoms with E-state index in [-0.39, 0.29) is 16.9 Å². The number of rotatable bonds is 4. The van der Waals surface area contributed by atoms with Gasteiger partial charge in [-0.25, -0.2) is 8.42 Å². The van der Waals surface area contributed by atoms with Gasteiger partial charge in [0.2, 0.25) is 10.0 Å². The van der Waals surface area contributed by atoms with Crippen molar-refractivity contribution in [1.29, 1.82) is 0 Å². The zero-order chi connectivity index (χ0) is 15.7. The average molecular weight is 331 g/mol. The molecule has 4 nitrogen and oxygen atoms in total. The van der Waals surface area contributed by atoms with Crippen molar-refractivity contribution in [1.82, 2.24) is 4.31 Å². The van der Waals surface area contributed by atoms with Gasteiger partial charge in [-0.05, 0) is 42.0 Å². The SMILES string of the molecule is CCC1(C)CCN(S(=O)(=O)c2ccc(Cl)c(CN)c2)CC1. The minimum absolute atomic E-state index is 0.232. The molecule has 21 heavy (non-hydrogen) atoms. The summed E-state index contributed by atoms with van der Waals surface area (Å²) in [6, 6.07) is 4.76. The molecule has 0 unspecified atom stereocenters. The highest BCUT2D eigenvalue weighted by Crippen LogP contribution is 2.36. The van der Waals surface area contributed by atoms with E-state index >= 15 is 0 Å². The van der Waals surface area contributed by atoms with E-state index in [9.17, 15) is 8.42 Å². The largest absolute Gasteiger partial charge is 0.326 e. The maximum absolute atomic E-state index is 12.7. The quantitative estimate of drug-likeness (QED) is 0.923. The third-order valence-corrected chi connectivity index (χ3v) is 6.92. The second-order valence-corrected chi connectivity index (χ2v) is 8.37. The molecule has 1 aliphatic heterocycles. The zero-order valence-electron chi connectivity index (χ0n) is 12.6. The first-order valence-corrected chi connectivity index (χ1v) is 9.13. The molecule has 1 aromatic rings. The molecule has 1 saturated heterocycles. The molecule has 2 rings (SSSR count). The lowest BCUT2D eigenvalue weighted by atomic mass is 9.79. The van der Waals surface area contributed by atoms with Crippen molar-refractivity contribution in [2.45, 2.75) is 44.6 Å². The summed E-state index contributed by atoms with van der Waals surface area (Å²) < 4.78 is 27.0. The van der Waals surface area contributed by atoms with E-state index in [1.165, 1.54) is 0 Å². The summed E-state index contributed by atoms with van der Waals surface area (Å²) in [7, 11) is -3.45. The van der Waals surface area contributed by atoms with Crippen LogP contribution < -0.4 is 5.73 Å². The van der Waals surface area contributed by atoms with Gasteiger partial charge < -0.3 is 5.73 Å². The Morgan fingerprint density at radius 3 is 2.48 bits per heavy atom. The highest BCUT2D eigenvalue weighted by atomic mass is 35.5. The van der Waals surface area contributed by atoms with Gasteiger partial charge in [0.05, 0.1) is 4.90 Å². The summed E-state index contributed by atoms with van der Waals surface area (Å²) >= 11 is 6.00. The molecule has 0 aromatic heterocycles. The minimum Gasteiger partial charge on any atom is -0.326 e. The Kier molecular flexibility index (Phi) is 4.98. The van der Waals surface area contributed by atoms with Crippen LogP contribution in [0.1, 0.15) is 38.7 Å². The number of hydrogen-bond donors (Lipinski definition) is 1. The third kappa shape index (κ3) is 3.42. The molecule has 118 valence electrons. The summed E-state index contributed by atoms with van der Waals surface area (Å²) in [5, 5.41) is 0.508. The molecule has 0 bridgehead atoms. The molecule has 0 aliphatic carbocycles. The van der Waals surface area contributed by atoms with Crippen molar-refractivity contribution >= 4 is 21.6 Å². The summed E-state index contributed by atoms with van der Waals surface area (Å²) in [6.45, 7) is 5.78. The van der Waals surface area contributed by atoms with Gasteiger partial charge >= 0.3 is 0 Å². The number of hydrogen-bond acceptors (Lipinski definition) is 3. The van der Waals surface area contributed by atoms with Crippen LogP contribution in [0.15, 0.2) is 23.1 Å². The Labute approximate surface area is 132 Å². The van der Waals surface area contributed by atoms with E-state index in [0.717, 1.165) is 19.3 Å². The van der Waals surface area contributed by atoms with Crippen molar-refractivity contribution in [3.63, 3.8) is 0 Å². The standard InChI is InChI=1S/C15H23ClN2O2S/c1-3-15(2)6-8-18(9-7-15)21(19,20)13-4-5-14(16)12(10-13)11-17/h4-5,10H,3,6-9,11,17H2,1-2H3. The predicted octanol–water partition coefficient (Wildman–Crippen LogP) is 3.00. The fourth-order valence-electron chi connectivity index (χ4n) is 2.64. The summed E-state index contributed by atoms with van der Waals surface area (Å²) in [4.78, 5) is 0.285. The lowest BCUT2D eigenvalue weighted by Gasteiger charge is -2.38. The van der Waals surface area contributed by atoms with Crippen LogP contribution in [-0.2, 0) is 16.6 Å². The van der Waals surface area contributed by atoms with Crippen LogP contribution in [0, 0.1) is 5.41 Å². The first-order chi connectivity index (χ1) is 9.82. The number of sulfonamides is 1. The van der Waals surface area contributed by atoms with Gasteiger partial charge in [0, 0.05) is 24.7 Å². The maximum Gasteiger partial charge on any atom is 0.243 e. The molecule has 0 amide bonds. The van der Waals surface area contributed by atoms with Crippen LogP contribution in [0.25, 0.3) is 0 Å². The second kappa shape index (κ2) is 6.24. The number of nitrogens with zero attached hydrogens (tertiary/aromatic N) is 1. The Morgan fingerprint density at radius 2 is 1.95 bits per heavy atom. The summed E-state index contributed by atoms with van der Waals surface area (Å²) in [5.41, 5.74) is 6.52. The van der Waals surface area contributed by atoms with Gasteiger partial charge in [-0.1, -0.05) is 31.9 Å². The molecule has 1 aliphatic rings. The number of halogens is 1. The number of nitrogens with two attached hydrogens (primary N) is 1. The molecule has 1 heterocycles. The van der Waals surface area contributed by atoms with E-state index in [2.05, 4.69) is 13.8 Å². The van der Waals surface area contributed by atoms with Crippen LogP contribution in [0.2, 0.25) is 5.02 Å². The number of piperidine rings is 1. The monoisotopic (exact) mass is 330 g/mol. The fourth-order valence-corrected chi connectivity index (χ4v) is 4.32. The topological polar surface area (TPSA) is 63.4 Å². The zero-order valence-corrected chi connectivity index (χ0v) is 14.2. The van der Waals surface area contributed by atoms with Crippen molar-refractivity contribution in [2.75, 3.05) is 13.1 Å². The second-order valence-electron chi connectivity index (χ2n) is 6.03. The van der Waals surface area contributed by atoms with E-state index < -0.39 is 10.0 Å². The van der Waals surface area contributed by atoms with Crippen LogP contribution in [0.5, 0.6) is 0 Å². The first kappa shape index (κ1) is 16.7. The molecular formula is C15H23ClN2O2S. The lowest BCUT2D eigenvalue weighted by Crippen LogP contribution is -2.41. The molecule has 0 saturated carbocycles. The Bertz CT molecular complexity index is 608. The number of benzene rings is 1. The van der Waals surface area contributed by atoms with Gasteiger partial charge in [0.1, 0.15) is 0 Å². The van der Waals surface area contributed by atoms with E-state index in [4.69, 9.17) is 17.3 Å². The van der Waals surface area contributed by atoms with Gasteiger partial charge in [-0.2, -0.15) is 4.31 Å². The van der Waals surface area contributed by atoms with E-state index in [1.54, 1.807) is 22.5 Å². The van der Waals surface area contributed by atoms with Crippen LogP contribution in [-0.4, -0.2) is 25.8 Å². The first-order valence-electron chi connectivity index (χ1n) is 7.31. The smallest absolute Gasteiger partial charge is 0.243 e. The molecule has 6 heteroatoms. The van der Waals surface area contributed by atoms with E-state index in [1.807, 2.05) is 0 Å². The Hall–Kier alpha value is -0.620. The van der Waals surface area contributed by atoms with Crippen LogP contribution in [0.4, 0.5) is 0 Å². The molecule has 0 spiro atoms.